The van der Waals surface area contributed by atoms with Crippen LogP contribution in [0.1, 0.15) is 28.2 Å². The number of nitrogens with one attached hydrogen (secondary N) is 1. The molecule has 1 atom stereocenters. The summed E-state index contributed by atoms with van der Waals surface area (Å²) in [4.78, 5) is 12.4. The summed E-state index contributed by atoms with van der Waals surface area (Å²) in [6.07, 6.45) is 0. The Bertz CT molecular complexity index is 614. The van der Waals surface area contributed by atoms with Crippen molar-refractivity contribution in [2.24, 2.45) is 5.73 Å². The molecular formula is C13H12BrClN2OS. The van der Waals surface area contributed by atoms with Crippen LogP contribution in [-0.4, -0.2) is 5.91 Å². The number of carbonyl (C=O) groups excluding carboxylic acids is 1. The third-order valence-corrected chi connectivity index (χ3v) is 5.04. The van der Waals surface area contributed by atoms with Gasteiger partial charge in [-0.2, -0.15) is 0 Å². The summed E-state index contributed by atoms with van der Waals surface area (Å²) in [5.74, 6) is -0.529. The number of rotatable bonds is 4. The van der Waals surface area contributed by atoms with E-state index in [0.29, 0.717) is 10.6 Å². The molecule has 0 saturated heterocycles. The summed E-state index contributed by atoms with van der Waals surface area (Å²) in [5, 5.41) is 5.71. The second kappa shape index (κ2) is 5.94. The van der Waals surface area contributed by atoms with Gasteiger partial charge in [-0.25, -0.2) is 0 Å². The minimum absolute atomic E-state index is 0.122. The number of primary amides is 1. The normalized spacial score (nSPS) is 12.2. The standard InChI is InChI=1S/C13H12BrClN2OS/c1-7(12-10(14)4-5-19-12)17-8-2-3-11(15)9(6-8)13(16)18/h2-7,17H,1H3,(H2,16,18). The minimum atomic E-state index is -0.529. The van der Waals surface area contributed by atoms with Gasteiger partial charge >= 0.3 is 0 Å². The molecule has 6 heteroatoms. The first-order chi connectivity index (χ1) is 8.99. The number of anilines is 1. The Morgan fingerprint density at radius 1 is 1.47 bits per heavy atom. The van der Waals surface area contributed by atoms with Gasteiger partial charge in [-0.3, -0.25) is 4.79 Å². The van der Waals surface area contributed by atoms with E-state index in [1.54, 1.807) is 23.5 Å². The van der Waals surface area contributed by atoms with E-state index in [2.05, 4.69) is 28.2 Å². The van der Waals surface area contributed by atoms with E-state index in [9.17, 15) is 4.79 Å². The zero-order valence-corrected chi connectivity index (χ0v) is 13.3. The lowest BCUT2D eigenvalue weighted by atomic mass is 10.1. The number of halogens is 2. The first kappa shape index (κ1) is 14.4. The third kappa shape index (κ3) is 3.29. The Hall–Kier alpha value is -1.04. The molecule has 0 spiro atoms. The first-order valence-corrected chi connectivity index (χ1v) is 7.63. The smallest absolute Gasteiger partial charge is 0.250 e. The Morgan fingerprint density at radius 2 is 2.21 bits per heavy atom. The zero-order valence-electron chi connectivity index (χ0n) is 10.1. The summed E-state index contributed by atoms with van der Waals surface area (Å²) < 4.78 is 1.07. The average molecular weight is 360 g/mol. The molecule has 0 aliphatic carbocycles. The van der Waals surface area contributed by atoms with Crippen LogP contribution >= 0.6 is 38.9 Å². The van der Waals surface area contributed by atoms with E-state index in [4.69, 9.17) is 17.3 Å². The minimum Gasteiger partial charge on any atom is -0.378 e. The van der Waals surface area contributed by atoms with Crippen molar-refractivity contribution in [2.45, 2.75) is 13.0 Å². The molecule has 0 radical (unpaired) electrons. The molecule has 0 aliphatic heterocycles. The second-order valence-corrected chi connectivity index (χ2v) is 6.27. The highest BCUT2D eigenvalue weighted by molar-refractivity contribution is 9.10. The third-order valence-electron chi connectivity index (χ3n) is 2.65. The molecule has 1 heterocycles. The quantitative estimate of drug-likeness (QED) is 0.848. The van der Waals surface area contributed by atoms with Crippen molar-refractivity contribution in [3.05, 3.63) is 49.6 Å². The molecule has 3 N–H and O–H groups in total. The number of nitrogens with two attached hydrogens (primary N) is 1. The van der Waals surface area contributed by atoms with E-state index in [0.717, 1.165) is 10.2 Å². The number of hydrogen-bond acceptors (Lipinski definition) is 3. The molecule has 0 saturated carbocycles. The molecule has 1 unspecified atom stereocenters. The van der Waals surface area contributed by atoms with E-state index in [1.165, 1.54) is 4.88 Å². The van der Waals surface area contributed by atoms with Crippen molar-refractivity contribution in [2.75, 3.05) is 5.32 Å². The molecule has 100 valence electrons. The van der Waals surface area contributed by atoms with Crippen LogP contribution in [0, 0.1) is 0 Å². The van der Waals surface area contributed by atoms with Crippen molar-refractivity contribution < 1.29 is 4.79 Å². The van der Waals surface area contributed by atoms with Gasteiger partial charge in [0.1, 0.15) is 0 Å². The maximum atomic E-state index is 11.2. The van der Waals surface area contributed by atoms with E-state index in [-0.39, 0.29) is 6.04 Å². The van der Waals surface area contributed by atoms with Crippen LogP contribution < -0.4 is 11.1 Å². The van der Waals surface area contributed by atoms with Crippen molar-refractivity contribution in [3.63, 3.8) is 0 Å². The summed E-state index contributed by atoms with van der Waals surface area (Å²) >= 11 is 11.1. The van der Waals surface area contributed by atoms with Crippen molar-refractivity contribution in [1.82, 2.24) is 0 Å². The summed E-state index contributed by atoms with van der Waals surface area (Å²) in [7, 11) is 0. The predicted molar refractivity (Wildman–Crippen MR) is 84.0 cm³/mol. The topological polar surface area (TPSA) is 55.1 Å². The van der Waals surface area contributed by atoms with Crippen molar-refractivity contribution in [1.29, 1.82) is 0 Å². The van der Waals surface area contributed by atoms with E-state index >= 15 is 0 Å². The molecule has 2 aromatic rings. The second-order valence-electron chi connectivity index (χ2n) is 4.06. The van der Waals surface area contributed by atoms with Crippen molar-refractivity contribution in [3.8, 4) is 0 Å². The molecule has 1 aromatic carbocycles. The predicted octanol–water partition coefficient (Wildman–Crippen LogP) is 4.44. The van der Waals surface area contributed by atoms with Crippen molar-refractivity contribution >= 4 is 50.5 Å². The summed E-state index contributed by atoms with van der Waals surface area (Å²) in [5.41, 5.74) is 6.41. The lowest BCUT2D eigenvalue weighted by Gasteiger charge is -2.15. The van der Waals surface area contributed by atoms with Crippen LogP contribution in [0.15, 0.2) is 34.1 Å². The van der Waals surface area contributed by atoms with Gasteiger partial charge in [0.05, 0.1) is 16.6 Å². The van der Waals surface area contributed by atoms with Gasteiger partial charge in [0.25, 0.3) is 0 Å². The molecule has 19 heavy (non-hydrogen) atoms. The average Bonchev–Trinajstić information content (AvgIpc) is 2.77. The van der Waals surface area contributed by atoms with Crippen LogP contribution in [0.5, 0.6) is 0 Å². The lowest BCUT2D eigenvalue weighted by Crippen LogP contribution is -2.13. The number of thiophene rings is 1. The van der Waals surface area contributed by atoms with Gasteiger partial charge < -0.3 is 11.1 Å². The van der Waals surface area contributed by atoms with Crippen LogP contribution in [0.25, 0.3) is 0 Å². The van der Waals surface area contributed by atoms with Gasteiger partial charge in [0, 0.05) is 15.0 Å². The highest BCUT2D eigenvalue weighted by atomic mass is 79.9. The number of hydrogen-bond donors (Lipinski definition) is 2. The molecule has 1 amide bonds. The van der Waals surface area contributed by atoms with Gasteiger partial charge in [-0.05, 0) is 52.5 Å². The highest BCUT2D eigenvalue weighted by Gasteiger charge is 2.12. The van der Waals surface area contributed by atoms with Crippen LogP contribution in [0.3, 0.4) is 0 Å². The van der Waals surface area contributed by atoms with Crippen LogP contribution in [0.4, 0.5) is 5.69 Å². The maximum Gasteiger partial charge on any atom is 0.250 e. The first-order valence-electron chi connectivity index (χ1n) is 5.58. The highest BCUT2D eigenvalue weighted by Crippen LogP contribution is 2.31. The lowest BCUT2D eigenvalue weighted by molar-refractivity contribution is 0.100. The van der Waals surface area contributed by atoms with Gasteiger partial charge in [0.15, 0.2) is 0 Å². The Labute approximate surface area is 128 Å². The van der Waals surface area contributed by atoms with Crippen LogP contribution in [-0.2, 0) is 0 Å². The molecule has 1 aromatic heterocycles. The Balaban J connectivity index is 2.22. The fourth-order valence-electron chi connectivity index (χ4n) is 1.73. The molecule has 3 nitrogen and oxygen atoms in total. The molecule has 2 rings (SSSR count). The van der Waals surface area contributed by atoms with E-state index < -0.39 is 5.91 Å². The Kier molecular flexibility index (Phi) is 4.50. The largest absolute Gasteiger partial charge is 0.378 e. The fraction of sp³-hybridized carbons (Fsp3) is 0.154. The number of amides is 1. The number of carbonyl (C=O) groups is 1. The summed E-state index contributed by atoms with van der Waals surface area (Å²) in [6, 6.07) is 7.29. The van der Waals surface area contributed by atoms with Crippen LogP contribution in [0.2, 0.25) is 5.02 Å². The fourth-order valence-corrected chi connectivity index (χ4v) is 3.67. The monoisotopic (exact) mass is 358 g/mol. The van der Waals surface area contributed by atoms with Gasteiger partial charge in [-0.1, -0.05) is 11.6 Å². The Morgan fingerprint density at radius 3 is 2.79 bits per heavy atom. The SMILES string of the molecule is CC(Nc1ccc(Cl)c(C(N)=O)c1)c1sccc1Br. The zero-order chi connectivity index (χ0) is 14.0. The van der Waals surface area contributed by atoms with E-state index in [1.807, 2.05) is 17.5 Å². The van der Waals surface area contributed by atoms with Gasteiger partial charge in [0.2, 0.25) is 5.91 Å². The molecule has 0 aliphatic rings. The van der Waals surface area contributed by atoms with Gasteiger partial charge in [-0.15, -0.1) is 11.3 Å². The molecule has 0 fully saturated rings. The summed E-state index contributed by atoms with van der Waals surface area (Å²) in [6.45, 7) is 2.05. The molecular weight excluding hydrogens is 348 g/mol. The maximum absolute atomic E-state index is 11.2. The number of benzene rings is 1. The molecule has 0 bridgehead atoms.